The number of benzene rings is 2. The van der Waals surface area contributed by atoms with Gasteiger partial charge in [-0.25, -0.2) is 8.78 Å². The lowest BCUT2D eigenvalue weighted by atomic mass is 9.83. The van der Waals surface area contributed by atoms with E-state index in [1.165, 1.54) is 0 Å². The molecule has 0 aromatic heterocycles. The summed E-state index contributed by atoms with van der Waals surface area (Å²) >= 11 is 0. The minimum absolute atomic E-state index is 0.0612. The Morgan fingerprint density at radius 2 is 1.50 bits per heavy atom. The molecule has 1 aliphatic rings. The Kier molecular flexibility index (Phi) is 10.4. The van der Waals surface area contributed by atoms with E-state index in [0.29, 0.717) is 6.42 Å². The van der Waals surface area contributed by atoms with Gasteiger partial charge in [0.25, 0.3) is 5.92 Å². The van der Waals surface area contributed by atoms with Gasteiger partial charge in [0.15, 0.2) is 0 Å². The molecule has 6 nitrogen and oxygen atoms in total. The van der Waals surface area contributed by atoms with Crippen molar-refractivity contribution in [3.05, 3.63) is 71.8 Å². The first kappa shape index (κ1) is 28.2. The molecule has 0 amide bonds. The Balaban J connectivity index is 1.88. The third-order valence-electron chi connectivity index (χ3n) is 6.52. The number of carbonyl (C=O) groups is 1. The van der Waals surface area contributed by atoms with Crippen LogP contribution in [-0.2, 0) is 37.0 Å². The minimum atomic E-state index is -3.46. The summed E-state index contributed by atoms with van der Waals surface area (Å²) in [6.07, 6.45) is -4.27. The van der Waals surface area contributed by atoms with Gasteiger partial charge in [0, 0.05) is 12.3 Å². The highest BCUT2D eigenvalue weighted by molar-refractivity contribution is 5.75. The number of halogens is 2. The van der Waals surface area contributed by atoms with E-state index in [9.17, 15) is 4.79 Å². The Bertz CT molecular complexity index is 930. The summed E-state index contributed by atoms with van der Waals surface area (Å²) in [6, 6.07) is 17.4. The molecule has 1 aliphatic heterocycles. The summed E-state index contributed by atoms with van der Waals surface area (Å²) in [7, 11) is 0. The van der Waals surface area contributed by atoms with Crippen LogP contribution in [0.1, 0.15) is 44.7 Å². The molecule has 2 N–H and O–H groups in total. The van der Waals surface area contributed by atoms with E-state index in [-0.39, 0.29) is 25.7 Å². The zero-order valence-corrected chi connectivity index (χ0v) is 21.1. The standard InChI is InChI=1S/C28H37F2NO5/c1-4-23-19(3)24(34-17-20-12-8-6-9-13-20)25(35-18-21-14-10-7-11-15-21)26(36-23)28(29,30)16-22(31)27(32)33-5-2/h6-15,19,22-26H,4-5,16-18,31H2,1-3H3/t19-,22?,23+,24-,25+,26?/m0/s1. The first-order valence-corrected chi connectivity index (χ1v) is 12.5. The van der Waals surface area contributed by atoms with Crippen molar-refractivity contribution in [1.29, 1.82) is 0 Å². The topological polar surface area (TPSA) is 80.0 Å². The maximum atomic E-state index is 15.8. The molecular weight excluding hydrogens is 468 g/mol. The number of hydrogen-bond donors (Lipinski definition) is 1. The third-order valence-corrected chi connectivity index (χ3v) is 6.52. The predicted molar refractivity (Wildman–Crippen MR) is 132 cm³/mol. The lowest BCUT2D eigenvalue weighted by molar-refractivity contribution is -0.285. The third kappa shape index (κ3) is 7.32. The van der Waals surface area contributed by atoms with Crippen LogP contribution in [0.5, 0.6) is 0 Å². The monoisotopic (exact) mass is 505 g/mol. The van der Waals surface area contributed by atoms with E-state index >= 15 is 8.78 Å². The Morgan fingerprint density at radius 3 is 2.00 bits per heavy atom. The van der Waals surface area contributed by atoms with Crippen LogP contribution < -0.4 is 5.73 Å². The Hall–Kier alpha value is -2.39. The van der Waals surface area contributed by atoms with Crippen molar-refractivity contribution in [2.45, 2.75) is 83.2 Å². The molecule has 3 rings (SSSR count). The van der Waals surface area contributed by atoms with E-state index in [2.05, 4.69) is 0 Å². The molecule has 1 fully saturated rings. The van der Waals surface area contributed by atoms with E-state index in [1.54, 1.807) is 6.92 Å². The van der Waals surface area contributed by atoms with Crippen LogP contribution in [0.3, 0.4) is 0 Å². The number of alkyl halides is 2. The average molecular weight is 506 g/mol. The number of esters is 1. The van der Waals surface area contributed by atoms with Crippen molar-refractivity contribution in [1.82, 2.24) is 0 Å². The highest BCUT2D eigenvalue weighted by Gasteiger charge is 2.56. The summed E-state index contributed by atoms with van der Waals surface area (Å²) in [5.41, 5.74) is 7.56. The molecule has 1 heterocycles. The molecular formula is C28H37F2NO5. The van der Waals surface area contributed by atoms with Gasteiger partial charge in [-0.15, -0.1) is 0 Å². The minimum Gasteiger partial charge on any atom is -0.465 e. The lowest BCUT2D eigenvalue weighted by Crippen LogP contribution is -2.62. The molecule has 1 saturated heterocycles. The van der Waals surface area contributed by atoms with Crippen LogP contribution in [-0.4, -0.2) is 49.0 Å². The smallest absolute Gasteiger partial charge is 0.323 e. The van der Waals surface area contributed by atoms with Gasteiger partial charge in [0.1, 0.15) is 18.2 Å². The quantitative estimate of drug-likeness (QED) is 0.414. The van der Waals surface area contributed by atoms with Gasteiger partial charge in [0.05, 0.1) is 32.0 Å². The van der Waals surface area contributed by atoms with Crippen molar-refractivity contribution in [2.75, 3.05) is 6.61 Å². The fraction of sp³-hybridized carbons (Fsp3) is 0.536. The molecule has 198 valence electrons. The van der Waals surface area contributed by atoms with Crippen LogP contribution in [0.25, 0.3) is 0 Å². The molecule has 0 bridgehead atoms. The molecule has 2 unspecified atom stereocenters. The largest absolute Gasteiger partial charge is 0.465 e. The molecule has 6 atom stereocenters. The summed E-state index contributed by atoms with van der Waals surface area (Å²) in [5, 5.41) is 0. The SMILES string of the molecule is CCOC(=O)C(N)CC(F)(F)C1O[C@H](CC)[C@H](C)[C@H](OCc2ccccc2)[C@H]1OCc1ccccc1. The van der Waals surface area contributed by atoms with Crippen molar-refractivity contribution in [3.8, 4) is 0 Å². The van der Waals surface area contributed by atoms with Gasteiger partial charge < -0.3 is 24.7 Å². The normalized spacial score (nSPS) is 25.3. The van der Waals surface area contributed by atoms with Gasteiger partial charge in [-0.2, -0.15) is 0 Å². The number of ether oxygens (including phenoxy) is 4. The molecule has 2 aromatic carbocycles. The molecule has 36 heavy (non-hydrogen) atoms. The van der Waals surface area contributed by atoms with Crippen molar-refractivity contribution >= 4 is 5.97 Å². The Labute approximate surface area is 212 Å². The maximum Gasteiger partial charge on any atom is 0.323 e. The van der Waals surface area contributed by atoms with Gasteiger partial charge in [-0.05, 0) is 24.5 Å². The van der Waals surface area contributed by atoms with Crippen LogP contribution in [0, 0.1) is 5.92 Å². The summed E-state index contributed by atoms with van der Waals surface area (Å²) in [6.45, 7) is 5.84. The highest BCUT2D eigenvalue weighted by Crippen LogP contribution is 2.40. The zero-order chi connectivity index (χ0) is 26.1. The van der Waals surface area contributed by atoms with Gasteiger partial charge in [-0.1, -0.05) is 74.5 Å². The molecule has 0 spiro atoms. The second kappa shape index (κ2) is 13.2. The average Bonchev–Trinajstić information content (AvgIpc) is 2.87. The van der Waals surface area contributed by atoms with Gasteiger partial charge in [0.2, 0.25) is 0 Å². The second-order valence-electron chi connectivity index (χ2n) is 9.21. The second-order valence-corrected chi connectivity index (χ2v) is 9.21. The zero-order valence-electron chi connectivity index (χ0n) is 21.1. The highest BCUT2D eigenvalue weighted by atomic mass is 19.3. The fourth-order valence-electron chi connectivity index (χ4n) is 4.58. The van der Waals surface area contributed by atoms with Crippen molar-refractivity contribution < 1.29 is 32.5 Å². The van der Waals surface area contributed by atoms with Crippen LogP contribution in [0.4, 0.5) is 8.78 Å². The van der Waals surface area contributed by atoms with E-state index in [1.807, 2.05) is 74.5 Å². The van der Waals surface area contributed by atoms with Crippen molar-refractivity contribution in [3.63, 3.8) is 0 Å². The maximum absolute atomic E-state index is 15.8. The van der Waals surface area contributed by atoms with Crippen LogP contribution in [0.15, 0.2) is 60.7 Å². The number of nitrogens with two attached hydrogens (primary N) is 1. The van der Waals surface area contributed by atoms with E-state index in [0.717, 1.165) is 11.1 Å². The van der Waals surface area contributed by atoms with Crippen molar-refractivity contribution in [2.24, 2.45) is 11.7 Å². The first-order chi connectivity index (χ1) is 17.3. The fourth-order valence-corrected chi connectivity index (χ4v) is 4.58. The predicted octanol–water partition coefficient (Wildman–Crippen LogP) is 4.89. The van der Waals surface area contributed by atoms with E-state index in [4.69, 9.17) is 24.7 Å². The summed E-state index contributed by atoms with van der Waals surface area (Å²) < 4.78 is 54.7. The number of hydrogen-bond acceptors (Lipinski definition) is 6. The lowest BCUT2D eigenvalue weighted by Gasteiger charge is -2.47. The van der Waals surface area contributed by atoms with Gasteiger partial charge >= 0.3 is 5.97 Å². The first-order valence-electron chi connectivity index (χ1n) is 12.5. The summed E-state index contributed by atoms with van der Waals surface area (Å²) in [4.78, 5) is 12.0. The molecule has 0 saturated carbocycles. The molecule has 0 radical (unpaired) electrons. The molecule has 0 aliphatic carbocycles. The molecule has 8 heteroatoms. The van der Waals surface area contributed by atoms with E-state index < -0.39 is 48.8 Å². The van der Waals surface area contributed by atoms with Crippen LogP contribution >= 0.6 is 0 Å². The number of rotatable bonds is 12. The van der Waals surface area contributed by atoms with Crippen LogP contribution in [0.2, 0.25) is 0 Å². The Morgan fingerprint density at radius 1 is 0.972 bits per heavy atom. The van der Waals surface area contributed by atoms with Gasteiger partial charge in [-0.3, -0.25) is 4.79 Å². The summed E-state index contributed by atoms with van der Waals surface area (Å²) in [5.74, 6) is -4.53. The number of carbonyl (C=O) groups excluding carboxylic acids is 1. The molecule has 2 aromatic rings.